The molecule has 1 amide bonds. The van der Waals surface area contributed by atoms with E-state index in [-0.39, 0.29) is 5.91 Å². The van der Waals surface area contributed by atoms with E-state index in [1.54, 1.807) is 0 Å². The first-order valence-electron chi connectivity index (χ1n) is 6.23. The molecule has 2 rings (SSSR count). The molecule has 0 unspecified atom stereocenters. The summed E-state index contributed by atoms with van der Waals surface area (Å²) in [5, 5.41) is 0. The lowest BCUT2D eigenvalue weighted by Crippen LogP contribution is -2.26. The van der Waals surface area contributed by atoms with E-state index in [4.69, 9.17) is 5.73 Å². The van der Waals surface area contributed by atoms with E-state index in [2.05, 4.69) is 36.1 Å². The molecule has 3 heteroatoms. The van der Waals surface area contributed by atoms with Crippen molar-refractivity contribution in [2.45, 2.75) is 25.7 Å². The lowest BCUT2D eigenvalue weighted by Gasteiger charge is -2.16. The number of benzene rings is 1. The van der Waals surface area contributed by atoms with Crippen LogP contribution in [0.15, 0.2) is 24.3 Å². The van der Waals surface area contributed by atoms with Gasteiger partial charge in [0.25, 0.3) is 0 Å². The summed E-state index contributed by atoms with van der Waals surface area (Å²) in [6.07, 6.45) is 1.66. The third-order valence-corrected chi connectivity index (χ3v) is 3.58. The van der Waals surface area contributed by atoms with E-state index in [9.17, 15) is 4.79 Å². The Kier molecular flexibility index (Phi) is 3.79. The van der Waals surface area contributed by atoms with Gasteiger partial charge in [-0.2, -0.15) is 0 Å². The van der Waals surface area contributed by atoms with Crippen molar-refractivity contribution in [2.24, 2.45) is 5.73 Å². The molecular weight excluding hydrogens is 212 g/mol. The van der Waals surface area contributed by atoms with E-state index in [1.807, 2.05) is 0 Å². The summed E-state index contributed by atoms with van der Waals surface area (Å²) in [6, 6.07) is 8.58. The quantitative estimate of drug-likeness (QED) is 0.858. The number of carbonyl (C=O) groups is 1. The predicted octanol–water partition coefficient (Wildman–Crippen LogP) is 1.66. The summed E-state index contributed by atoms with van der Waals surface area (Å²) in [5.41, 5.74) is 8.00. The zero-order valence-electron chi connectivity index (χ0n) is 10.4. The average Bonchev–Trinajstić information content (AvgIpc) is 2.75. The van der Waals surface area contributed by atoms with Gasteiger partial charge in [0.15, 0.2) is 0 Å². The Morgan fingerprint density at radius 3 is 2.94 bits per heavy atom. The number of amides is 1. The number of carbonyl (C=O) groups excluding carboxylic acids is 1. The van der Waals surface area contributed by atoms with Crippen LogP contribution in [0.5, 0.6) is 0 Å². The average molecular weight is 232 g/mol. The van der Waals surface area contributed by atoms with Crippen molar-refractivity contribution in [3.63, 3.8) is 0 Å². The first-order chi connectivity index (χ1) is 8.16. The Labute approximate surface area is 103 Å². The van der Waals surface area contributed by atoms with Crippen LogP contribution in [0, 0.1) is 6.92 Å². The number of hydrogen-bond acceptors (Lipinski definition) is 2. The van der Waals surface area contributed by atoms with E-state index in [1.165, 1.54) is 17.5 Å². The first-order valence-corrected chi connectivity index (χ1v) is 6.23. The molecule has 1 aliphatic rings. The van der Waals surface area contributed by atoms with Crippen LogP contribution in [0.4, 0.5) is 0 Å². The van der Waals surface area contributed by atoms with E-state index < -0.39 is 0 Å². The fourth-order valence-corrected chi connectivity index (χ4v) is 2.60. The second-order valence-corrected chi connectivity index (χ2v) is 4.86. The number of aryl methyl sites for hydroxylation is 1. The van der Waals surface area contributed by atoms with Gasteiger partial charge in [-0.15, -0.1) is 0 Å². The smallest absolute Gasteiger partial charge is 0.218 e. The second kappa shape index (κ2) is 5.32. The molecule has 3 nitrogen and oxygen atoms in total. The van der Waals surface area contributed by atoms with Gasteiger partial charge in [0.2, 0.25) is 5.91 Å². The molecule has 2 N–H and O–H groups in total. The maximum Gasteiger partial charge on any atom is 0.218 e. The van der Waals surface area contributed by atoms with E-state index in [0.29, 0.717) is 12.3 Å². The van der Waals surface area contributed by atoms with E-state index >= 15 is 0 Å². The highest BCUT2D eigenvalue weighted by molar-refractivity contribution is 5.73. The summed E-state index contributed by atoms with van der Waals surface area (Å²) in [7, 11) is 0. The maximum absolute atomic E-state index is 10.8. The highest BCUT2D eigenvalue weighted by Gasteiger charge is 2.24. The molecule has 0 radical (unpaired) electrons. The van der Waals surface area contributed by atoms with Crippen LogP contribution in [0.3, 0.4) is 0 Å². The zero-order valence-corrected chi connectivity index (χ0v) is 10.4. The third-order valence-electron chi connectivity index (χ3n) is 3.58. The van der Waals surface area contributed by atoms with Gasteiger partial charge in [0, 0.05) is 19.5 Å². The molecule has 1 saturated heterocycles. The Morgan fingerprint density at radius 2 is 2.24 bits per heavy atom. The molecule has 1 aliphatic heterocycles. The van der Waals surface area contributed by atoms with Gasteiger partial charge >= 0.3 is 0 Å². The standard InChI is InChI=1S/C14H20N2O/c1-11-4-2-3-5-13(11)12-6-8-16(10-12)9-7-14(15)17/h2-5,12H,6-10H2,1H3,(H2,15,17)/t12-/m1/s1. The van der Waals surface area contributed by atoms with Crippen molar-refractivity contribution in [3.05, 3.63) is 35.4 Å². The maximum atomic E-state index is 10.8. The molecule has 0 saturated carbocycles. The van der Waals surface area contributed by atoms with Crippen molar-refractivity contribution in [1.82, 2.24) is 4.90 Å². The highest BCUT2D eigenvalue weighted by atomic mass is 16.1. The van der Waals surface area contributed by atoms with Crippen molar-refractivity contribution in [1.29, 1.82) is 0 Å². The molecule has 0 aromatic heterocycles. The van der Waals surface area contributed by atoms with Crippen LogP contribution in [-0.2, 0) is 4.79 Å². The summed E-state index contributed by atoms with van der Waals surface area (Å²) in [4.78, 5) is 13.1. The Balaban J connectivity index is 1.94. The van der Waals surface area contributed by atoms with Gasteiger partial charge in [-0.3, -0.25) is 4.79 Å². The summed E-state index contributed by atoms with van der Waals surface area (Å²) in [5.74, 6) is 0.411. The molecule has 1 atom stereocenters. The molecule has 0 bridgehead atoms. The molecule has 17 heavy (non-hydrogen) atoms. The lowest BCUT2D eigenvalue weighted by atomic mass is 9.94. The number of primary amides is 1. The van der Waals surface area contributed by atoms with Crippen LogP contribution >= 0.6 is 0 Å². The fourth-order valence-electron chi connectivity index (χ4n) is 2.60. The van der Waals surface area contributed by atoms with Gasteiger partial charge in [-0.05, 0) is 36.9 Å². The topological polar surface area (TPSA) is 46.3 Å². The second-order valence-electron chi connectivity index (χ2n) is 4.86. The summed E-state index contributed by atoms with van der Waals surface area (Å²) in [6.45, 7) is 5.10. The Morgan fingerprint density at radius 1 is 1.47 bits per heavy atom. The van der Waals surface area contributed by atoms with Gasteiger partial charge in [-0.1, -0.05) is 24.3 Å². The fraction of sp³-hybridized carbons (Fsp3) is 0.500. The summed E-state index contributed by atoms with van der Waals surface area (Å²) >= 11 is 0. The van der Waals surface area contributed by atoms with Crippen molar-refractivity contribution in [2.75, 3.05) is 19.6 Å². The van der Waals surface area contributed by atoms with Crippen molar-refractivity contribution < 1.29 is 4.79 Å². The summed E-state index contributed by atoms with van der Waals surface area (Å²) < 4.78 is 0. The van der Waals surface area contributed by atoms with Gasteiger partial charge in [-0.25, -0.2) is 0 Å². The van der Waals surface area contributed by atoms with Crippen molar-refractivity contribution in [3.8, 4) is 0 Å². The molecule has 1 fully saturated rings. The first kappa shape index (κ1) is 12.1. The number of nitrogens with zero attached hydrogens (tertiary/aromatic N) is 1. The number of likely N-dealkylation sites (tertiary alicyclic amines) is 1. The van der Waals surface area contributed by atoms with Crippen LogP contribution in [-0.4, -0.2) is 30.4 Å². The zero-order chi connectivity index (χ0) is 12.3. The minimum atomic E-state index is -0.204. The molecule has 1 heterocycles. The molecule has 1 aromatic rings. The molecule has 0 aliphatic carbocycles. The van der Waals surface area contributed by atoms with Crippen LogP contribution in [0.1, 0.15) is 29.9 Å². The van der Waals surface area contributed by atoms with Crippen molar-refractivity contribution >= 4 is 5.91 Å². The molecule has 0 spiro atoms. The number of rotatable bonds is 4. The van der Waals surface area contributed by atoms with Gasteiger partial charge in [0.1, 0.15) is 0 Å². The largest absolute Gasteiger partial charge is 0.370 e. The Hall–Kier alpha value is -1.35. The number of nitrogens with two attached hydrogens (primary N) is 1. The van der Waals surface area contributed by atoms with E-state index in [0.717, 1.165) is 19.6 Å². The van der Waals surface area contributed by atoms with Crippen LogP contribution < -0.4 is 5.73 Å². The minimum absolute atomic E-state index is 0.204. The van der Waals surface area contributed by atoms with Gasteiger partial charge < -0.3 is 10.6 Å². The molecule has 92 valence electrons. The lowest BCUT2D eigenvalue weighted by molar-refractivity contribution is -0.118. The Bertz CT molecular complexity index is 403. The predicted molar refractivity (Wildman–Crippen MR) is 68.8 cm³/mol. The van der Waals surface area contributed by atoms with Gasteiger partial charge in [0.05, 0.1) is 0 Å². The van der Waals surface area contributed by atoms with Crippen LogP contribution in [0.25, 0.3) is 0 Å². The third kappa shape index (κ3) is 3.07. The normalized spacial score (nSPS) is 20.6. The monoisotopic (exact) mass is 232 g/mol. The molecular formula is C14H20N2O. The highest BCUT2D eigenvalue weighted by Crippen LogP contribution is 2.29. The number of hydrogen-bond donors (Lipinski definition) is 1. The minimum Gasteiger partial charge on any atom is -0.370 e. The van der Waals surface area contributed by atoms with Crippen LogP contribution in [0.2, 0.25) is 0 Å². The molecule has 1 aromatic carbocycles. The SMILES string of the molecule is Cc1ccccc1[C@@H]1CCN(CCC(N)=O)C1.